The molecule has 1 aliphatic carbocycles. The van der Waals surface area contributed by atoms with Crippen molar-refractivity contribution in [2.45, 2.75) is 70.8 Å². The molecule has 6 heteroatoms. The van der Waals surface area contributed by atoms with Gasteiger partial charge in [0.25, 0.3) is 0 Å². The molecule has 3 aliphatic rings. The summed E-state index contributed by atoms with van der Waals surface area (Å²) in [6.07, 6.45) is 8.41. The van der Waals surface area contributed by atoms with Gasteiger partial charge in [0.2, 0.25) is 5.79 Å². The van der Waals surface area contributed by atoms with Gasteiger partial charge >= 0.3 is 0 Å². The molecule has 2 heterocycles. The maximum atomic E-state index is 13.1. The number of hydrogen-bond acceptors (Lipinski definition) is 4. The highest BCUT2D eigenvalue weighted by molar-refractivity contribution is 5.85. The Kier molecular flexibility index (Phi) is 9.07. The Labute approximate surface area is 238 Å². The van der Waals surface area contributed by atoms with Crippen LogP contribution in [0.1, 0.15) is 57.6 Å². The van der Waals surface area contributed by atoms with Crippen LogP contribution in [-0.2, 0) is 17.7 Å². The molecule has 1 saturated heterocycles. The number of rotatable bonds is 8. The minimum Gasteiger partial charge on any atom is -0.487 e. The van der Waals surface area contributed by atoms with Gasteiger partial charge in [-0.2, -0.15) is 0 Å². The summed E-state index contributed by atoms with van der Waals surface area (Å²) >= 11 is 0. The quantitative estimate of drug-likeness (QED) is 0.281. The number of nitrogens with zero attached hydrogens (tertiary/aromatic N) is 1. The highest BCUT2D eigenvalue weighted by Gasteiger charge is 2.49. The van der Waals surface area contributed by atoms with Crippen LogP contribution in [0.15, 0.2) is 89.2 Å². The van der Waals surface area contributed by atoms with Gasteiger partial charge in [0, 0.05) is 19.0 Å². The fourth-order valence-electron chi connectivity index (χ4n) is 6.38. The normalized spacial score (nSPS) is 22.5. The second kappa shape index (κ2) is 12.0. The molecule has 0 radical (unpaired) electrons. The Bertz CT molecular complexity index is 1230. The lowest BCUT2D eigenvalue weighted by atomic mass is 9.71. The number of hydrogen-bond donors (Lipinski definition) is 2. The SMILES string of the molecule is CC(CCCCc1ccc(F)cc1)C1=CC(O)(O)C2=C3CN(Cc4ccccc4)CCC3C(C)(C)OC2=C1.Cl. The molecule has 39 heavy (non-hydrogen) atoms. The van der Waals surface area contributed by atoms with E-state index >= 15 is 0 Å². The highest BCUT2D eigenvalue weighted by atomic mass is 35.5. The van der Waals surface area contributed by atoms with Crippen molar-refractivity contribution in [1.82, 2.24) is 4.90 Å². The highest BCUT2D eigenvalue weighted by Crippen LogP contribution is 2.49. The molecule has 2 aliphatic heterocycles. The standard InChI is InChI=1S/C33H40FNO3.ClH/c1-23(9-7-8-10-24-13-15-27(34)16-14-24)26-19-30-31(33(36,37)20-26)28-22-35(21-25-11-5-4-6-12-25)18-17-29(28)32(2,3)38-30;/h4-6,11-16,19-20,23,29,36-37H,7-10,17-18,21-22H2,1-3H3;1H. The monoisotopic (exact) mass is 553 g/mol. The maximum Gasteiger partial charge on any atom is 0.214 e. The number of unbranched alkanes of at least 4 members (excludes halogenated alkanes) is 1. The van der Waals surface area contributed by atoms with Crippen LogP contribution in [-0.4, -0.2) is 39.6 Å². The van der Waals surface area contributed by atoms with Crippen molar-refractivity contribution in [3.8, 4) is 0 Å². The first-order valence-corrected chi connectivity index (χ1v) is 14.0. The summed E-state index contributed by atoms with van der Waals surface area (Å²) in [5.74, 6) is -1.36. The number of allylic oxidation sites excluding steroid dienone is 2. The third-order valence-electron chi connectivity index (χ3n) is 8.45. The largest absolute Gasteiger partial charge is 0.487 e. The van der Waals surface area contributed by atoms with Crippen LogP contribution in [0.5, 0.6) is 0 Å². The molecule has 4 nitrogen and oxygen atoms in total. The van der Waals surface area contributed by atoms with E-state index in [1.807, 2.05) is 24.3 Å². The third kappa shape index (κ3) is 6.66. The van der Waals surface area contributed by atoms with Crippen molar-refractivity contribution in [3.05, 3.63) is 106 Å². The van der Waals surface area contributed by atoms with Crippen molar-refractivity contribution in [3.63, 3.8) is 0 Å². The fraction of sp³-hybridized carbons (Fsp3) is 0.455. The minimum absolute atomic E-state index is 0. The Morgan fingerprint density at radius 2 is 1.74 bits per heavy atom. The van der Waals surface area contributed by atoms with Crippen LogP contribution in [0, 0.1) is 17.7 Å². The number of likely N-dealkylation sites (tertiary alicyclic amines) is 1. The fourth-order valence-corrected chi connectivity index (χ4v) is 6.38. The predicted octanol–water partition coefficient (Wildman–Crippen LogP) is 6.73. The molecule has 0 saturated carbocycles. The van der Waals surface area contributed by atoms with Gasteiger partial charge in [-0.25, -0.2) is 4.39 Å². The third-order valence-corrected chi connectivity index (χ3v) is 8.45. The van der Waals surface area contributed by atoms with Gasteiger partial charge in [0.15, 0.2) is 0 Å². The summed E-state index contributed by atoms with van der Waals surface area (Å²) in [4.78, 5) is 2.40. The second-order valence-corrected chi connectivity index (χ2v) is 11.8. The van der Waals surface area contributed by atoms with Gasteiger partial charge in [-0.3, -0.25) is 4.90 Å². The van der Waals surface area contributed by atoms with Crippen molar-refractivity contribution in [1.29, 1.82) is 0 Å². The molecule has 1 fully saturated rings. The van der Waals surface area contributed by atoms with E-state index < -0.39 is 11.4 Å². The summed E-state index contributed by atoms with van der Waals surface area (Å²) in [7, 11) is 0. The zero-order valence-corrected chi connectivity index (χ0v) is 24.0. The van der Waals surface area contributed by atoms with Gasteiger partial charge in [-0.05, 0) is 98.6 Å². The Hall–Kier alpha value is -2.44. The van der Waals surface area contributed by atoms with E-state index in [1.165, 1.54) is 17.7 Å². The van der Waals surface area contributed by atoms with E-state index in [-0.39, 0.29) is 30.1 Å². The molecule has 2 aromatic rings. The van der Waals surface area contributed by atoms with Gasteiger partial charge in [0.1, 0.15) is 17.2 Å². The second-order valence-electron chi connectivity index (χ2n) is 11.8. The first kappa shape index (κ1) is 29.5. The zero-order chi connectivity index (χ0) is 26.9. The molecule has 2 unspecified atom stereocenters. The molecule has 0 amide bonds. The van der Waals surface area contributed by atoms with Crippen molar-refractivity contribution in [2.24, 2.45) is 11.8 Å². The van der Waals surface area contributed by atoms with E-state index in [9.17, 15) is 14.6 Å². The number of aryl methyl sites for hydroxylation is 1. The molecule has 0 spiro atoms. The number of benzene rings is 2. The first-order valence-electron chi connectivity index (χ1n) is 14.0. The van der Waals surface area contributed by atoms with E-state index in [0.29, 0.717) is 17.9 Å². The molecule has 0 aromatic heterocycles. The number of fused-ring (bicyclic) bond motifs is 2. The maximum absolute atomic E-state index is 13.1. The lowest BCUT2D eigenvalue weighted by molar-refractivity contribution is -0.108. The van der Waals surface area contributed by atoms with Crippen LogP contribution in [0.3, 0.4) is 0 Å². The van der Waals surface area contributed by atoms with E-state index in [1.54, 1.807) is 6.08 Å². The molecule has 2 N–H and O–H groups in total. The molecular weight excluding hydrogens is 513 g/mol. The summed E-state index contributed by atoms with van der Waals surface area (Å²) in [5.41, 5.74) is 4.51. The lowest BCUT2D eigenvalue weighted by Crippen LogP contribution is -2.51. The molecule has 0 bridgehead atoms. The minimum atomic E-state index is -2.05. The zero-order valence-electron chi connectivity index (χ0n) is 23.2. The van der Waals surface area contributed by atoms with Crippen LogP contribution in [0.4, 0.5) is 4.39 Å². The van der Waals surface area contributed by atoms with Gasteiger partial charge in [-0.15, -0.1) is 12.4 Å². The van der Waals surface area contributed by atoms with Crippen molar-refractivity contribution >= 4 is 12.4 Å². The molecule has 5 rings (SSSR count). The van der Waals surface area contributed by atoms with E-state index in [4.69, 9.17) is 4.74 Å². The number of aliphatic hydroxyl groups is 2. The van der Waals surface area contributed by atoms with Crippen molar-refractivity contribution < 1.29 is 19.3 Å². The number of halogens is 2. The average Bonchev–Trinajstić information content (AvgIpc) is 2.87. The van der Waals surface area contributed by atoms with Crippen LogP contribution in [0.2, 0.25) is 0 Å². The van der Waals surface area contributed by atoms with Gasteiger partial charge < -0.3 is 14.9 Å². The predicted molar refractivity (Wildman–Crippen MR) is 156 cm³/mol. The lowest BCUT2D eigenvalue weighted by Gasteiger charge is -2.50. The van der Waals surface area contributed by atoms with Crippen molar-refractivity contribution in [2.75, 3.05) is 13.1 Å². The molecule has 2 atom stereocenters. The summed E-state index contributed by atoms with van der Waals surface area (Å²) in [6, 6.07) is 17.1. The molecule has 210 valence electrons. The Balaban J connectivity index is 0.00000353. The topological polar surface area (TPSA) is 52.9 Å². The first-order chi connectivity index (χ1) is 18.1. The van der Waals surface area contributed by atoms with Gasteiger partial charge in [0.05, 0.1) is 5.57 Å². The van der Waals surface area contributed by atoms with Gasteiger partial charge in [-0.1, -0.05) is 55.8 Å². The van der Waals surface area contributed by atoms with Crippen LogP contribution in [0.25, 0.3) is 0 Å². The molecular formula is C33H41ClFNO3. The van der Waals surface area contributed by atoms with E-state index in [0.717, 1.165) is 61.9 Å². The Morgan fingerprint density at radius 1 is 1.03 bits per heavy atom. The number of ether oxygens (including phenoxy) is 1. The van der Waals surface area contributed by atoms with Crippen LogP contribution < -0.4 is 0 Å². The molecule has 2 aromatic carbocycles. The summed E-state index contributed by atoms with van der Waals surface area (Å²) in [6.45, 7) is 8.86. The number of piperidine rings is 1. The van der Waals surface area contributed by atoms with Crippen LogP contribution >= 0.6 is 12.4 Å². The Morgan fingerprint density at radius 3 is 2.46 bits per heavy atom. The summed E-state index contributed by atoms with van der Waals surface area (Å²) in [5, 5.41) is 22.7. The summed E-state index contributed by atoms with van der Waals surface area (Å²) < 4.78 is 19.7. The average molecular weight is 554 g/mol. The smallest absolute Gasteiger partial charge is 0.214 e. The van der Waals surface area contributed by atoms with E-state index in [2.05, 4.69) is 49.9 Å².